The summed E-state index contributed by atoms with van der Waals surface area (Å²) in [5, 5.41) is 3.29. The first-order valence-corrected chi connectivity index (χ1v) is 5.17. The number of hydrogen-bond acceptors (Lipinski definition) is 4. The van der Waals surface area contributed by atoms with Gasteiger partial charge in [0, 0.05) is 36.6 Å². The maximum atomic E-state index is 5.80. The van der Waals surface area contributed by atoms with Gasteiger partial charge in [-0.3, -0.25) is 0 Å². The zero-order valence-electron chi connectivity index (χ0n) is 7.36. The van der Waals surface area contributed by atoms with Gasteiger partial charge in [-0.25, -0.2) is 4.37 Å². The Morgan fingerprint density at radius 1 is 1.69 bits per heavy atom. The zero-order valence-corrected chi connectivity index (χ0v) is 8.18. The van der Waals surface area contributed by atoms with Gasteiger partial charge in [0.15, 0.2) is 0 Å². The van der Waals surface area contributed by atoms with Crippen molar-refractivity contribution in [1.29, 1.82) is 0 Å². The standard InChI is InChI=1S/C9H13N3S/c10-8-3-7(5-11-6-8)4-9-1-2-12-13-9/h1-3,8,11H,4-6,10H2. The van der Waals surface area contributed by atoms with Crippen molar-refractivity contribution in [1.82, 2.24) is 9.69 Å². The van der Waals surface area contributed by atoms with Crippen molar-refractivity contribution >= 4 is 11.5 Å². The van der Waals surface area contributed by atoms with E-state index in [1.807, 2.05) is 6.20 Å². The number of hydrogen-bond donors (Lipinski definition) is 2. The predicted octanol–water partition coefficient (Wildman–Crippen LogP) is 0.542. The molecule has 0 radical (unpaired) electrons. The molecule has 70 valence electrons. The lowest BCUT2D eigenvalue weighted by Gasteiger charge is -2.18. The van der Waals surface area contributed by atoms with Gasteiger partial charge in [0.2, 0.25) is 0 Å². The summed E-state index contributed by atoms with van der Waals surface area (Å²) in [5.74, 6) is 0. The summed E-state index contributed by atoms with van der Waals surface area (Å²) in [6, 6.07) is 2.24. The van der Waals surface area contributed by atoms with Crippen LogP contribution in [0, 0.1) is 0 Å². The average Bonchev–Trinajstić information content (AvgIpc) is 2.57. The molecule has 2 heterocycles. The Morgan fingerprint density at radius 3 is 3.31 bits per heavy atom. The number of rotatable bonds is 2. The van der Waals surface area contributed by atoms with Gasteiger partial charge in [-0.05, 0) is 17.6 Å². The fourth-order valence-corrected chi connectivity index (χ4v) is 2.13. The van der Waals surface area contributed by atoms with Crippen LogP contribution in [0.4, 0.5) is 0 Å². The van der Waals surface area contributed by atoms with E-state index in [4.69, 9.17) is 5.73 Å². The highest BCUT2D eigenvalue weighted by Crippen LogP contribution is 2.12. The van der Waals surface area contributed by atoms with Crippen LogP contribution in [0.5, 0.6) is 0 Å². The summed E-state index contributed by atoms with van der Waals surface area (Å²) in [5.41, 5.74) is 7.18. The van der Waals surface area contributed by atoms with Gasteiger partial charge in [0.1, 0.15) is 0 Å². The van der Waals surface area contributed by atoms with Gasteiger partial charge in [0.05, 0.1) is 0 Å². The summed E-state index contributed by atoms with van der Waals surface area (Å²) in [6.45, 7) is 1.86. The Labute approximate surface area is 81.8 Å². The fourth-order valence-electron chi connectivity index (χ4n) is 1.50. The molecular weight excluding hydrogens is 182 g/mol. The Morgan fingerprint density at radius 2 is 2.62 bits per heavy atom. The average molecular weight is 195 g/mol. The number of nitrogens with zero attached hydrogens (tertiary/aromatic N) is 1. The summed E-state index contributed by atoms with van der Waals surface area (Å²) >= 11 is 1.56. The van der Waals surface area contributed by atoms with E-state index in [9.17, 15) is 0 Å². The largest absolute Gasteiger partial charge is 0.323 e. The van der Waals surface area contributed by atoms with Crippen molar-refractivity contribution in [3.05, 3.63) is 28.8 Å². The molecule has 13 heavy (non-hydrogen) atoms. The van der Waals surface area contributed by atoms with Crippen LogP contribution in [0.25, 0.3) is 0 Å². The minimum absolute atomic E-state index is 0.177. The first-order chi connectivity index (χ1) is 6.34. The fraction of sp³-hybridized carbons (Fsp3) is 0.444. The van der Waals surface area contributed by atoms with Crippen molar-refractivity contribution in [2.24, 2.45) is 5.73 Å². The second kappa shape index (κ2) is 4.00. The minimum atomic E-state index is 0.177. The normalized spacial score (nSPS) is 22.8. The summed E-state index contributed by atoms with van der Waals surface area (Å²) in [7, 11) is 0. The highest BCUT2D eigenvalue weighted by Gasteiger charge is 2.09. The van der Waals surface area contributed by atoms with Crippen LogP contribution in [0.3, 0.4) is 0 Å². The Bertz CT molecular complexity index is 292. The lowest BCUT2D eigenvalue weighted by atomic mass is 10.1. The molecule has 1 unspecified atom stereocenters. The van der Waals surface area contributed by atoms with Gasteiger partial charge < -0.3 is 11.1 Å². The van der Waals surface area contributed by atoms with E-state index in [1.165, 1.54) is 10.5 Å². The van der Waals surface area contributed by atoms with Gasteiger partial charge >= 0.3 is 0 Å². The smallest absolute Gasteiger partial charge is 0.0409 e. The van der Waals surface area contributed by atoms with Crippen LogP contribution in [0.1, 0.15) is 4.88 Å². The Balaban J connectivity index is 2.02. The lowest BCUT2D eigenvalue weighted by Crippen LogP contribution is -2.38. The molecule has 0 saturated carbocycles. The third-order valence-electron chi connectivity index (χ3n) is 2.07. The highest BCUT2D eigenvalue weighted by molar-refractivity contribution is 7.05. The van der Waals surface area contributed by atoms with E-state index in [0.717, 1.165) is 19.5 Å². The number of nitrogens with two attached hydrogens (primary N) is 1. The predicted molar refractivity (Wildman–Crippen MR) is 54.7 cm³/mol. The van der Waals surface area contributed by atoms with Crippen molar-refractivity contribution in [2.45, 2.75) is 12.5 Å². The molecule has 3 nitrogen and oxygen atoms in total. The molecule has 1 aromatic heterocycles. The van der Waals surface area contributed by atoms with Crippen LogP contribution < -0.4 is 11.1 Å². The molecule has 0 aliphatic carbocycles. The van der Waals surface area contributed by atoms with Crippen molar-refractivity contribution in [3.8, 4) is 0 Å². The van der Waals surface area contributed by atoms with E-state index in [0.29, 0.717) is 0 Å². The van der Waals surface area contributed by atoms with Crippen LogP contribution in [-0.4, -0.2) is 23.5 Å². The number of nitrogens with one attached hydrogen (secondary N) is 1. The molecule has 0 spiro atoms. The van der Waals surface area contributed by atoms with Gasteiger partial charge in [-0.15, -0.1) is 0 Å². The highest BCUT2D eigenvalue weighted by atomic mass is 32.1. The summed E-state index contributed by atoms with van der Waals surface area (Å²) in [6.07, 6.45) is 5.00. The molecule has 1 atom stereocenters. The van der Waals surface area contributed by atoms with Gasteiger partial charge in [-0.2, -0.15) is 0 Å². The van der Waals surface area contributed by atoms with Gasteiger partial charge in [-0.1, -0.05) is 11.6 Å². The minimum Gasteiger partial charge on any atom is -0.323 e. The third kappa shape index (κ3) is 2.37. The molecule has 2 rings (SSSR count). The first kappa shape index (κ1) is 8.87. The maximum Gasteiger partial charge on any atom is 0.0409 e. The van der Waals surface area contributed by atoms with Crippen LogP contribution in [-0.2, 0) is 6.42 Å². The lowest BCUT2D eigenvalue weighted by molar-refractivity contribution is 0.628. The first-order valence-electron chi connectivity index (χ1n) is 4.40. The second-order valence-electron chi connectivity index (χ2n) is 3.28. The summed E-state index contributed by atoms with van der Waals surface area (Å²) < 4.78 is 4.07. The maximum absolute atomic E-state index is 5.80. The molecular formula is C9H13N3S. The number of aromatic nitrogens is 1. The van der Waals surface area contributed by atoms with Gasteiger partial charge in [0.25, 0.3) is 0 Å². The van der Waals surface area contributed by atoms with Crippen LogP contribution in [0.15, 0.2) is 23.9 Å². The molecule has 1 aromatic rings. The van der Waals surface area contributed by atoms with E-state index in [1.54, 1.807) is 11.5 Å². The van der Waals surface area contributed by atoms with E-state index >= 15 is 0 Å². The molecule has 0 amide bonds. The van der Waals surface area contributed by atoms with E-state index in [-0.39, 0.29) is 6.04 Å². The Kier molecular flexibility index (Phi) is 2.73. The van der Waals surface area contributed by atoms with E-state index < -0.39 is 0 Å². The molecule has 0 aromatic carbocycles. The Hall–Kier alpha value is -0.710. The van der Waals surface area contributed by atoms with Crippen molar-refractivity contribution in [3.63, 3.8) is 0 Å². The summed E-state index contributed by atoms with van der Waals surface area (Å²) in [4.78, 5) is 1.31. The monoisotopic (exact) mass is 195 g/mol. The SMILES string of the molecule is NC1C=C(Cc2ccns2)CNC1. The van der Waals surface area contributed by atoms with Crippen molar-refractivity contribution in [2.75, 3.05) is 13.1 Å². The van der Waals surface area contributed by atoms with Crippen LogP contribution in [0.2, 0.25) is 0 Å². The molecule has 1 aliphatic rings. The molecule has 0 fully saturated rings. The van der Waals surface area contributed by atoms with Crippen LogP contribution >= 0.6 is 11.5 Å². The molecule has 0 saturated heterocycles. The second-order valence-corrected chi connectivity index (χ2v) is 4.19. The molecule has 1 aliphatic heterocycles. The van der Waals surface area contributed by atoms with Crippen molar-refractivity contribution < 1.29 is 0 Å². The zero-order chi connectivity index (χ0) is 9.10. The molecule has 4 heteroatoms. The molecule has 3 N–H and O–H groups in total. The molecule has 0 bridgehead atoms. The third-order valence-corrected chi connectivity index (χ3v) is 2.82. The van der Waals surface area contributed by atoms with E-state index in [2.05, 4.69) is 21.8 Å². The quantitative estimate of drug-likeness (QED) is 0.677. The topological polar surface area (TPSA) is 50.9 Å².